The minimum atomic E-state index is -1.81. The van der Waals surface area contributed by atoms with Gasteiger partial charge in [0.2, 0.25) is 59.1 Å². The molecule has 1 fully saturated rings. The molecule has 1 aromatic carbocycles. The Hall–Kier alpha value is -7.35. The molecule has 29 nitrogen and oxygen atoms in total. The van der Waals surface area contributed by atoms with Gasteiger partial charge in [-0.15, -0.1) is 0 Å². The van der Waals surface area contributed by atoms with Gasteiger partial charge in [0.15, 0.2) is 0 Å². The maximum Gasteiger partial charge on any atom is 0.305 e. The number of hydrogen-bond acceptors (Lipinski definition) is 19. The molecule has 0 unspecified atom stereocenters. The summed E-state index contributed by atoms with van der Waals surface area (Å²) in [6.07, 6.45) is 3.92. The first kappa shape index (κ1) is 71.1. The highest BCUT2D eigenvalue weighted by atomic mass is 32.2. The van der Waals surface area contributed by atoms with Crippen molar-refractivity contribution in [3.63, 3.8) is 0 Å². The van der Waals surface area contributed by atoms with Crippen LogP contribution in [0.25, 0.3) is 0 Å². The molecular weight excluding hydrogens is 1180 g/mol. The molecule has 0 radical (unpaired) electrons. The van der Waals surface area contributed by atoms with Crippen LogP contribution in [0.1, 0.15) is 103 Å². The van der Waals surface area contributed by atoms with Crippen molar-refractivity contribution in [1.82, 2.24) is 52.8 Å². The zero-order chi connectivity index (χ0) is 63.5. The smallest absolute Gasteiger partial charge is 0.305 e. The van der Waals surface area contributed by atoms with Crippen LogP contribution in [0, 0.1) is 5.92 Å². The second-order valence-corrected chi connectivity index (χ2v) is 24.1. The summed E-state index contributed by atoms with van der Waals surface area (Å²) in [5.41, 5.74) is 7.18. The Morgan fingerprint density at radius 1 is 0.698 bits per heavy atom. The van der Waals surface area contributed by atoms with E-state index in [4.69, 9.17) is 15.3 Å². The summed E-state index contributed by atoms with van der Waals surface area (Å²) in [4.78, 5) is 181. The Labute approximate surface area is 510 Å². The topological polar surface area (TPSA) is 431 Å². The first-order valence-corrected chi connectivity index (χ1v) is 31.9. The van der Waals surface area contributed by atoms with Crippen LogP contribution < -0.4 is 58.3 Å². The Balaban J connectivity index is 1.76. The van der Waals surface area contributed by atoms with Gasteiger partial charge in [-0.3, -0.25) is 62.3 Å². The van der Waals surface area contributed by atoms with Crippen molar-refractivity contribution in [2.45, 2.75) is 158 Å². The maximum absolute atomic E-state index is 14.8. The molecule has 0 spiro atoms. The van der Waals surface area contributed by atoms with E-state index < -0.39 is 163 Å². The van der Waals surface area contributed by atoms with Gasteiger partial charge in [0.05, 0.1) is 19.6 Å². The van der Waals surface area contributed by atoms with Gasteiger partial charge < -0.3 is 78.3 Å². The molecule has 4 bridgehead atoms. The number of nitrogens with one attached hydrogen (secondary N) is 9. The summed E-state index contributed by atoms with van der Waals surface area (Å²) < 4.78 is 6.21. The second-order valence-electron chi connectivity index (χ2n) is 21.0. The van der Waals surface area contributed by atoms with Crippen molar-refractivity contribution in [2.24, 2.45) is 16.8 Å². The molecule has 0 aromatic heterocycles. The van der Waals surface area contributed by atoms with Gasteiger partial charge in [0.1, 0.15) is 72.9 Å². The number of primary amides is 1. The number of thioether (sulfide) groups is 3. The predicted octanol–water partition coefficient (Wildman–Crippen LogP) is -1.62. The molecule has 1 aromatic rings. The molecule has 13 N–H and O–H groups in total. The molecule has 32 heteroatoms. The van der Waals surface area contributed by atoms with E-state index in [0.717, 1.165) is 24.6 Å². The fraction of sp³-hybridized carbons (Fsp3) is 0.630. The summed E-state index contributed by atoms with van der Waals surface area (Å²) in [6.45, 7) is 5.56. The third-order valence-corrected chi connectivity index (χ3v) is 16.5. The minimum absolute atomic E-state index is 0.0175. The summed E-state index contributed by atoms with van der Waals surface area (Å²) in [6, 6.07) is -7.04. The third-order valence-electron chi connectivity index (χ3n) is 13.6. The third kappa shape index (κ3) is 24.6. The van der Waals surface area contributed by atoms with Crippen molar-refractivity contribution in [3.05, 3.63) is 29.3 Å². The second kappa shape index (κ2) is 36.6. The van der Waals surface area contributed by atoms with Crippen LogP contribution in [0.4, 0.5) is 0 Å². The molecule has 9 atom stereocenters. The molecule has 3 aliphatic rings. The van der Waals surface area contributed by atoms with Crippen LogP contribution in [0.15, 0.2) is 23.4 Å². The number of carbonyl (C=O) groups is 13. The highest BCUT2D eigenvalue weighted by Crippen LogP contribution is 2.27. The highest BCUT2D eigenvalue weighted by molar-refractivity contribution is 7.99. The number of aliphatic carboxylic acids is 2. The van der Waals surface area contributed by atoms with E-state index in [1.165, 1.54) is 67.9 Å². The van der Waals surface area contributed by atoms with Crippen LogP contribution in [-0.4, -0.2) is 202 Å². The number of ether oxygens (including phenoxy) is 1. The van der Waals surface area contributed by atoms with E-state index in [1.54, 1.807) is 12.3 Å². The zero-order valence-corrected chi connectivity index (χ0v) is 51.2. The van der Waals surface area contributed by atoms with E-state index in [1.807, 2.05) is 12.1 Å². The van der Waals surface area contributed by atoms with Gasteiger partial charge in [-0.1, -0.05) is 25.1 Å². The Bertz CT molecular complexity index is 2630. The fourth-order valence-corrected chi connectivity index (χ4v) is 11.4. The molecule has 4 rings (SSSR count). The summed E-state index contributed by atoms with van der Waals surface area (Å²) in [7, 11) is 0. The number of fused-ring (bicyclic) bond motifs is 6. The van der Waals surface area contributed by atoms with E-state index >= 15 is 0 Å². The van der Waals surface area contributed by atoms with Crippen LogP contribution in [0.2, 0.25) is 0 Å². The molecule has 476 valence electrons. The number of amides is 11. The maximum atomic E-state index is 14.8. The van der Waals surface area contributed by atoms with Crippen LogP contribution in [0.5, 0.6) is 5.75 Å². The normalized spacial score (nSPS) is 26.4. The van der Waals surface area contributed by atoms with Crippen molar-refractivity contribution in [1.29, 1.82) is 0 Å². The van der Waals surface area contributed by atoms with Gasteiger partial charge >= 0.3 is 11.9 Å². The lowest BCUT2D eigenvalue weighted by molar-refractivity contribution is -0.142. The Morgan fingerprint density at radius 3 is 1.98 bits per heavy atom. The number of nitrogens with zero attached hydrogens (tertiary/aromatic N) is 2. The number of carboxylic acid groups (broad SMARTS) is 2. The largest absolute Gasteiger partial charge is 0.494 e. The average molecular weight is 1270 g/mol. The van der Waals surface area contributed by atoms with Crippen LogP contribution in [0.3, 0.4) is 0 Å². The number of nitrogens with two attached hydrogens (primary N) is 1. The van der Waals surface area contributed by atoms with Gasteiger partial charge in [0, 0.05) is 36.0 Å². The summed E-state index contributed by atoms with van der Waals surface area (Å²) in [5, 5.41) is 45.4. The first-order chi connectivity index (χ1) is 40.9. The lowest BCUT2D eigenvalue weighted by Crippen LogP contribution is -2.60. The number of benzene rings is 1. The summed E-state index contributed by atoms with van der Waals surface area (Å²) >= 11 is 3.78. The van der Waals surface area contributed by atoms with Crippen molar-refractivity contribution in [2.75, 3.05) is 49.8 Å². The van der Waals surface area contributed by atoms with Crippen molar-refractivity contribution in [3.8, 4) is 5.75 Å². The summed E-state index contributed by atoms with van der Waals surface area (Å²) in [5.74, 6) is -12.1. The molecule has 3 aliphatic heterocycles. The molecule has 3 heterocycles. The molecule has 0 aliphatic carbocycles. The molecule has 1 saturated heterocycles. The van der Waals surface area contributed by atoms with E-state index in [2.05, 4.69) is 53.0 Å². The van der Waals surface area contributed by atoms with E-state index in [0.29, 0.717) is 42.9 Å². The van der Waals surface area contributed by atoms with Gasteiger partial charge in [-0.25, -0.2) is 0 Å². The fourth-order valence-electron chi connectivity index (χ4n) is 8.96. The lowest BCUT2D eigenvalue weighted by atomic mass is 10.0. The van der Waals surface area contributed by atoms with Crippen molar-refractivity contribution < 1.29 is 82.1 Å². The molecule has 11 amide bonds. The predicted molar refractivity (Wildman–Crippen MR) is 318 cm³/mol. The lowest BCUT2D eigenvalue weighted by Gasteiger charge is -2.30. The standard InChI is InChI=1S/C54H80N12O17S3/c1-29(2)45-53(80)59-30(3)47(74)56-23-41(67)60-35(12-13-43(69)70)49(76)63-38(46(55)73)27-85-25-32-19-33-21-34(20-32)82-16-8-6-7-9-17-83-57-24-42(68)58-31(4)48(75)64-39(28-86-26-33)54(81)66-15-10-11-40(66)52(79)61-36(14-18-84-5)50(77)62-37(22-44(71)72)51(78)65-45/h19-21,24,29-31,35-40,45H,6-18,22-23,25-28H2,1-5H3,(H2,55,73)(H,56,74)(H,58,68)(H,59,80)(H,60,67)(H,61,79)(H,62,77)(H,63,76)(H,64,75)(H,65,78)(H,69,70)(H,71,72)/b57-24+/t30-,31-,35-,36-,37-,38-,39-,40-,45-/m0/s1. The monoisotopic (exact) mass is 1260 g/mol. The van der Waals surface area contributed by atoms with Gasteiger partial charge in [-0.05, 0) is 106 Å². The Morgan fingerprint density at radius 2 is 1.33 bits per heavy atom. The number of hydrogen-bond donors (Lipinski definition) is 12. The van der Waals surface area contributed by atoms with Gasteiger partial charge in [-0.2, -0.15) is 35.3 Å². The molecular formula is C54H80N12O17S3. The van der Waals surface area contributed by atoms with Crippen LogP contribution >= 0.6 is 35.3 Å². The average Bonchev–Trinajstić information content (AvgIpc) is 2.95. The number of rotatable bonds is 10. The number of oxime groups is 1. The number of carbonyl (C=O) groups excluding carboxylic acids is 11. The minimum Gasteiger partial charge on any atom is -0.494 e. The number of carboxylic acids is 2. The molecule has 86 heavy (non-hydrogen) atoms. The Kier molecular flexibility index (Phi) is 30.3. The van der Waals surface area contributed by atoms with E-state index in [9.17, 15) is 72.5 Å². The van der Waals surface area contributed by atoms with Gasteiger partial charge in [0.25, 0.3) is 5.91 Å². The molecule has 0 saturated carbocycles. The van der Waals surface area contributed by atoms with E-state index in [-0.39, 0.29) is 49.0 Å². The first-order valence-electron chi connectivity index (χ1n) is 28.2. The van der Waals surface area contributed by atoms with Crippen LogP contribution in [-0.2, 0) is 78.7 Å². The SMILES string of the molecule is CSCC[C@@H]1NC(=O)[C@@H]2CCCN2C(=O)[C@@H]2CSCc3cc(cc(c3)OCCCCCCO/N=C/C(=O)N[C@@H](C)C(=O)N2)CSC[C@@H](C(N)=O)NC(=O)[C@H](CCC(=O)O)NC(=O)CNC(=O)[C@H](C)NC(=O)[C@H](C(C)C)NC(=O)[C@H](CC(=O)O)NC1=O. The quantitative estimate of drug-likeness (QED) is 0.125. The highest BCUT2D eigenvalue weighted by Gasteiger charge is 2.40. The van der Waals surface area contributed by atoms with Crippen molar-refractivity contribution >= 4 is 118 Å². The zero-order valence-electron chi connectivity index (χ0n) is 48.7.